The van der Waals surface area contributed by atoms with Crippen molar-refractivity contribution in [1.82, 2.24) is 0 Å². The Balaban J connectivity index is 4.25. The Bertz CT molecular complexity index is 1050. The molecule has 6 heteroatoms. The molecule has 62 heavy (non-hydrogen) atoms. The molecule has 0 aliphatic rings. The average molecular weight is 871 g/mol. The van der Waals surface area contributed by atoms with E-state index in [1.165, 1.54) is 161 Å². The van der Waals surface area contributed by atoms with Crippen molar-refractivity contribution in [2.24, 2.45) is 0 Å². The first kappa shape index (κ1) is 59.6. The molecule has 6 nitrogen and oxygen atoms in total. The average Bonchev–Trinajstić information content (AvgIpc) is 3.27. The lowest BCUT2D eigenvalue weighted by molar-refractivity contribution is -0.167. The zero-order valence-electron chi connectivity index (χ0n) is 41.4. The Labute approximate surface area is 385 Å². The van der Waals surface area contributed by atoms with Crippen LogP contribution in [0.15, 0.2) is 36.5 Å². The first-order valence-corrected chi connectivity index (χ1v) is 27.0. The minimum atomic E-state index is -0.781. The van der Waals surface area contributed by atoms with Crippen LogP contribution in [0.2, 0.25) is 0 Å². The fourth-order valence-corrected chi connectivity index (χ4v) is 7.87. The van der Waals surface area contributed by atoms with Crippen LogP contribution in [0, 0.1) is 0 Å². The third-order valence-corrected chi connectivity index (χ3v) is 11.9. The standard InChI is InChI=1S/C56H102O6/c1-4-7-10-13-16-19-22-24-25-26-27-28-29-30-31-33-34-37-40-43-46-49-55(58)61-52-53(51-60-54(57)48-45-42-39-36-21-18-15-12-9-6-3)62-56(59)50-47-44-41-38-35-32-23-20-17-14-11-8-5-2/h8,11,17,20,32,35,53H,4-7,9-10,12-16,18-19,21-31,33-34,36-52H2,1-3H3/b11-8-,20-17-,35-32-. The lowest BCUT2D eigenvalue weighted by atomic mass is 10.0. The number of carbonyl (C=O) groups is 3. The van der Waals surface area contributed by atoms with Crippen LogP contribution < -0.4 is 0 Å². The highest BCUT2D eigenvalue weighted by Gasteiger charge is 2.19. The summed E-state index contributed by atoms with van der Waals surface area (Å²) in [4.78, 5) is 37.9. The number of allylic oxidation sites excluding steroid dienone is 6. The normalized spacial score (nSPS) is 12.2. The van der Waals surface area contributed by atoms with Crippen LogP contribution in [-0.4, -0.2) is 37.2 Å². The van der Waals surface area contributed by atoms with Gasteiger partial charge in [-0.05, 0) is 51.4 Å². The van der Waals surface area contributed by atoms with Crippen molar-refractivity contribution in [2.75, 3.05) is 13.2 Å². The van der Waals surface area contributed by atoms with Crippen molar-refractivity contribution in [2.45, 2.75) is 290 Å². The van der Waals surface area contributed by atoms with Crippen LogP contribution in [0.1, 0.15) is 284 Å². The summed E-state index contributed by atoms with van der Waals surface area (Å²) >= 11 is 0. The molecule has 0 bridgehead atoms. The Morgan fingerprint density at radius 2 is 0.629 bits per heavy atom. The van der Waals surface area contributed by atoms with E-state index in [9.17, 15) is 14.4 Å². The molecule has 0 heterocycles. The number of ether oxygens (including phenoxy) is 3. The molecule has 0 rings (SSSR count). The van der Waals surface area contributed by atoms with E-state index in [0.29, 0.717) is 19.3 Å². The third kappa shape index (κ3) is 48.7. The lowest BCUT2D eigenvalue weighted by Crippen LogP contribution is -2.30. The predicted octanol–water partition coefficient (Wildman–Crippen LogP) is 17.7. The van der Waals surface area contributed by atoms with Gasteiger partial charge in [0.15, 0.2) is 6.10 Å². The van der Waals surface area contributed by atoms with Gasteiger partial charge in [-0.25, -0.2) is 0 Å². The molecule has 0 saturated carbocycles. The molecule has 0 spiro atoms. The molecule has 0 aliphatic carbocycles. The number of hydrogen-bond acceptors (Lipinski definition) is 6. The van der Waals surface area contributed by atoms with Gasteiger partial charge in [0.05, 0.1) is 0 Å². The molecule has 0 N–H and O–H groups in total. The molecule has 0 fully saturated rings. The van der Waals surface area contributed by atoms with Gasteiger partial charge in [0.1, 0.15) is 13.2 Å². The van der Waals surface area contributed by atoms with Gasteiger partial charge >= 0.3 is 17.9 Å². The molecule has 0 aromatic heterocycles. The van der Waals surface area contributed by atoms with Gasteiger partial charge in [-0.2, -0.15) is 0 Å². The van der Waals surface area contributed by atoms with Crippen molar-refractivity contribution in [3.63, 3.8) is 0 Å². The van der Waals surface area contributed by atoms with E-state index in [1.54, 1.807) is 0 Å². The second-order valence-electron chi connectivity index (χ2n) is 18.1. The van der Waals surface area contributed by atoms with Gasteiger partial charge in [0, 0.05) is 19.3 Å². The van der Waals surface area contributed by atoms with Gasteiger partial charge in [0.25, 0.3) is 0 Å². The first-order valence-electron chi connectivity index (χ1n) is 27.0. The summed E-state index contributed by atoms with van der Waals surface area (Å²) in [6.45, 7) is 6.52. The number of rotatable bonds is 49. The summed E-state index contributed by atoms with van der Waals surface area (Å²) < 4.78 is 16.8. The Morgan fingerprint density at radius 1 is 0.339 bits per heavy atom. The molecular formula is C56H102O6. The van der Waals surface area contributed by atoms with Crippen LogP contribution in [0.5, 0.6) is 0 Å². The minimum Gasteiger partial charge on any atom is -0.462 e. The van der Waals surface area contributed by atoms with E-state index in [0.717, 1.165) is 83.5 Å². The molecule has 362 valence electrons. The molecule has 0 aromatic rings. The molecule has 0 aliphatic heterocycles. The highest BCUT2D eigenvalue weighted by molar-refractivity contribution is 5.71. The van der Waals surface area contributed by atoms with Crippen LogP contribution in [0.25, 0.3) is 0 Å². The fourth-order valence-electron chi connectivity index (χ4n) is 7.87. The van der Waals surface area contributed by atoms with E-state index in [1.807, 2.05) is 0 Å². The summed E-state index contributed by atoms with van der Waals surface area (Å²) in [5, 5.41) is 0. The topological polar surface area (TPSA) is 78.9 Å². The summed E-state index contributed by atoms with van der Waals surface area (Å²) in [5.41, 5.74) is 0. The smallest absolute Gasteiger partial charge is 0.306 e. The monoisotopic (exact) mass is 871 g/mol. The van der Waals surface area contributed by atoms with Gasteiger partial charge in [0.2, 0.25) is 0 Å². The van der Waals surface area contributed by atoms with Crippen molar-refractivity contribution in [3.05, 3.63) is 36.5 Å². The SMILES string of the molecule is CC/C=C\C/C=C\C/C=C\CCCCCC(=O)OC(COC(=O)CCCCCCCCCCCC)COC(=O)CCCCCCCCCCCCCCCCCCCCCCC. The van der Waals surface area contributed by atoms with E-state index in [2.05, 4.69) is 57.2 Å². The van der Waals surface area contributed by atoms with Gasteiger partial charge < -0.3 is 14.2 Å². The maximum Gasteiger partial charge on any atom is 0.306 e. The van der Waals surface area contributed by atoms with Crippen molar-refractivity contribution < 1.29 is 28.6 Å². The van der Waals surface area contributed by atoms with Crippen molar-refractivity contribution >= 4 is 17.9 Å². The molecule has 0 aromatic carbocycles. The van der Waals surface area contributed by atoms with Crippen LogP contribution in [0.3, 0.4) is 0 Å². The fraction of sp³-hybridized carbons (Fsp3) is 0.839. The van der Waals surface area contributed by atoms with Crippen molar-refractivity contribution in [1.29, 1.82) is 0 Å². The summed E-state index contributed by atoms with van der Waals surface area (Å²) in [6.07, 6.45) is 60.0. The van der Waals surface area contributed by atoms with E-state index in [4.69, 9.17) is 14.2 Å². The summed E-state index contributed by atoms with van der Waals surface area (Å²) in [6, 6.07) is 0. The second-order valence-corrected chi connectivity index (χ2v) is 18.1. The Hall–Kier alpha value is -2.37. The first-order chi connectivity index (χ1) is 30.5. The Kier molecular flexibility index (Phi) is 49.3. The number of esters is 3. The van der Waals surface area contributed by atoms with Crippen LogP contribution >= 0.6 is 0 Å². The minimum absolute atomic E-state index is 0.0799. The number of hydrogen-bond donors (Lipinski definition) is 0. The summed E-state index contributed by atoms with van der Waals surface area (Å²) in [5.74, 6) is -0.898. The highest BCUT2D eigenvalue weighted by Crippen LogP contribution is 2.17. The maximum absolute atomic E-state index is 12.8. The zero-order valence-corrected chi connectivity index (χ0v) is 41.4. The van der Waals surface area contributed by atoms with E-state index < -0.39 is 6.10 Å². The molecule has 0 saturated heterocycles. The molecule has 0 radical (unpaired) electrons. The highest BCUT2D eigenvalue weighted by atomic mass is 16.6. The summed E-state index contributed by atoms with van der Waals surface area (Å²) in [7, 11) is 0. The third-order valence-electron chi connectivity index (χ3n) is 11.9. The quantitative estimate of drug-likeness (QED) is 0.0262. The van der Waals surface area contributed by atoms with Crippen LogP contribution in [0.4, 0.5) is 0 Å². The molecule has 1 unspecified atom stereocenters. The van der Waals surface area contributed by atoms with Gasteiger partial charge in [-0.1, -0.05) is 250 Å². The maximum atomic E-state index is 12.8. The van der Waals surface area contributed by atoms with E-state index >= 15 is 0 Å². The number of carbonyl (C=O) groups excluding carboxylic acids is 3. The molecule has 1 atom stereocenters. The van der Waals surface area contributed by atoms with Crippen molar-refractivity contribution in [3.8, 4) is 0 Å². The lowest BCUT2D eigenvalue weighted by Gasteiger charge is -2.18. The van der Waals surface area contributed by atoms with Gasteiger partial charge in [-0.15, -0.1) is 0 Å². The number of unbranched alkanes of at least 4 members (excludes halogenated alkanes) is 32. The van der Waals surface area contributed by atoms with Crippen LogP contribution in [-0.2, 0) is 28.6 Å². The van der Waals surface area contributed by atoms with E-state index in [-0.39, 0.29) is 31.1 Å². The molecular weight excluding hydrogens is 769 g/mol. The predicted molar refractivity (Wildman–Crippen MR) is 266 cm³/mol. The molecule has 0 amide bonds. The second kappa shape index (κ2) is 51.3. The van der Waals surface area contributed by atoms with Gasteiger partial charge in [-0.3, -0.25) is 14.4 Å². The zero-order chi connectivity index (χ0) is 45.1. The Morgan fingerprint density at radius 3 is 0.984 bits per heavy atom. The largest absolute Gasteiger partial charge is 0.462 e.